The van der Waals surface area contributed by atoms with Gasteiger partial charge in [0.15, 0.2) is 0 Å². The first-order valence-electron chi connectivity index (χ1n) is 15.0. The molecule has 2 rings (SSSR count). The maximum atomic E-state index is 2.30. The first-order valence-corrected chi connectivity index (χ1v) is 15.0. The first kappa shape index (κ1) is 29.6. The van der Waals surface area contributed by atoms with Crippen LogP contribution in [0.3, 0.4) is 0 Å². The molecule has 0 amide bonds. The van der Waals surface area contributed by atoms with Crippen molar-refractivity contribution in [1.29, 1.82) is 0 Å². The van der Waals surface area contributed by atoms with Gasteiger partial charge in [0.25, 0.3) is 0 Å². The molecule has 0 aliphatic carbocycles. The van der Waals surface area contributed by atoms with Gasteiger partial charge in [-0.3, -0.25) is 0 Å². The van der Waals surface area contributed by atoms with Gasteiger partial charge < -0.3 is 4.90 Å². The molecule has 1 nitrogen and oxygen atoms in total. The Morgan fingerprint density at radius 1 is 0.457 bits per heavy atom. The lowest BCUT2D eigenvalue weighted by molar-refractivity contribution is 0.389. The van der Waals surface area contributed by atoms with Crippen LogP contribution in [-0.2, 0) is 12.8 Å². The Hall–Kier alpha value is -1.60. The molecular formula is C34H55N. The van der Waals surface area contributed by atoms with Gasteiger partial charge in [0, 0.05) is 0 Å². The highest BCUT2D eigenvalue weighted by Gasteiger charge is 2.11. The summed E-state index contributed by atoms with van der Waals surface area (Å²) in [5, 5.41) is 0. The van der Waals surface area contributed by atoms with Crippen LogP contribution in [0.25, 0.3) is 0 Å². The zero-order valence-electron chi connectivity index (χ0n) is 23.2. The van der Waals surface area contributed by atoms with Crippen molar-refractivity contribution in [2.45, 2.75) is 116 Å². The van der Waals surface area contributed by atoms with Crippen molar-refractivity contribution in [1.82, 2.24) is 4.90 Å². The quantitative estimate of drug-likeness (QED) is 0.152. The second kappa shape index (κ2) is 20.6. The summed E-state index contributed by atoms with van der Waals surface area (Å²) in [7, 11) is 4.35. The van der Waals surface area contributed by atoms with E-state index in [4.69, 9.17) is 0 Å². The molecule has 35 heavy (non-hydrogen) atoms. The monoisotopic (exact) mass is 477 g/mol. The Morgan fingerprint density at radius 3 is 1.17 bits per heavy atom. The van der Waals surface area contributed by atoms with E-state index < -0.39 is 0 Å². The Morgan fingerprint density at radius 2 is 0.800 bits per heavy atom. The van der Waals surface area contributed by atoms with Gasteiger partial charge in [0.2, 0.25) is 0 Å². The van der Waals surface area contributed by atoms with Gasteiger partial charge in [-0.05, 0) is 63.4 Å². The third-order valence-corrected chi connectivity index (χ3v) is 7.45. The zero-order chi connectivity index (χ0) is 24.8. The smallest absolute Gasteiger partial charge is 0.00248 e. The van der Waals surface area contributed by atoms with Crippen LogP contribution < -0.4 is 0 Å². The molecule has 2 aromatic carbocycles. The third-order valence-electron chi connectivity index (χ3n) is 7.45. The van der Waals surface area contributed by atoms with Crippen molar-refractivity contribution in [2.75, 3.05) is 20.6 Å². The van der Waals surface area contributed by atoms with Crippen LogP contribution in [0.2, 0.25) is 0 Å². The lowest BCUT2D eigenvalue weighted by atomic mass is 9.88. The summed E-state index contributed by atoms with van der Waals surface area (Å²) in [6, 6.07) is 22.2. The summed E-state index contributed by atoms with van der Waals surface area (Å²) in [6.45, 7) is 1.25. The maximum absolute atomic E-state index is 2.30. The molecule has 0 saturated heterocycles. The first-order chi connectivity index (χ1) is 17.2. The molecule has 2 aromatic rings. The number of rotatable bonds is 22. The minimum absolute atomic E-state index is 0.762. The zero-order valence-corrected chi connectivity index (χ0v) is 23.2. The van der Waals surface area contributed by atoms with E-state index in [9.17, 15) is 0 Å². The summed E-state index contributed by atoms with van der Waals surface area (Å²) in [5.41, 5.74) is 2.99. The van der Waals surface area contributed by atoms with Gasteiger partial charge in [-0.2, -0.15) is 0 Å². The highest BCUT2D eigenvalue weighted by molar-refractivity contribution is 5.18. The molecular weight excluding hydrogens is 422 g/mol. The van der Waals surface area contributed by atoms with Crippen molar-refractivity contribution in [3.63, 3.8) is 0 Å². The van der Waals surface area contributed by atoms with E-state index in [1.807, 2.05) is 0 Å². The van der Waals surface area contributed by atoms with Crippen LogP contribution in [0.5, 0.6) is 0 Å². The van der Waals surface area contributed by atoms with Crippen LogP contribution in [0.4, 0.5) is 0 Å². The van der Waals surface area contributed by atoms with Crippen molar-refractivity contribution in [2.24, 2.45) is 5.92 Å². The molecule has 0 saturated carbocycles. The molecule has 0 atom stereocenters. The summed E-state index contributed by atoms with van der Waals surface area (Å²) in [4.78, 5) is 2.30. The number of hydrogen-bond acceptors (Lipinski definition) is 1. The molecule has 1 heteroatoms. The number of nitrogens with zero attached hydrogens (tertiary/aromatic N) is 1. The van der Waals surface area contributed by atoms with Crippen LogP contribution in [-0.4, -0.2) is 25.5 Å². The molecule has 0 aliphatic rings. The van der Waals surface area contributed by atoms with E-state index in [2.05, 4.69) is 79.7 Å². The molecule has 0 unspecified atom stereocenters. The molecule has 0 aromatic heterocycles. The van der Waals surface area contributed by atoms with Crippen molar-refractivity contribution >= 4 is 0 Å². The molecule has 196 valence electrons. The Kier molecular flexibility index (Phi) is 17.4. The Balaban J connectivity index is 1.43. The van der Waals surface area contributed by atoms with Crippen LogP contribution in [0.1, 0.15) is 114 Å². The lowest BCUT2D eigenvalue weighted by Gasteiger charge is -2.17. The number of benzene rings is 2. The second-order valence-corrected chi connectivity index (χ2v) is 11.1. The fourth-order valence-corrected chi connectivity index (χ4v) is 5.33. The fraction of sp³-hybridized carbons (Fsp3) is 0.647. The lowest BCUT2D eigenvalue weighted by Crippen LogP contribution is -2.12. The average molecular weight is 478 g/mol. The van der Waals surface area contributed by atoms with Crippen molar-refractivity contribution in [3.8, 4) is 0 Å². The molecule has 0 N–H and O–H groups in total. The molecule has 0 heterocycles. The van der Waals surface area contributed by atoms with E-state index in [0.717, 1.165) is 5.92 Å². The van der Waals surface area contributed by atoms with Gasteiger partial charge in [-0.25, -0.2) is 0 Å². The van der Waals surface area contributed by atoms with E-state index in [1.165, 1.54) is 133 Å². The Labute approximate surface area is 218 Å². The SMILES string of the molecule is CN(C)CCCCCCCCCCCCCCCCCC(Cc1ccccc1)Cc1ccccc1. The average Bonchev–Trinajstić information content (AvgIpc) is 2.87. The minimum atomic E-state index is 0.762. The second-order valence-electron chi connectivity index (χ2n) is 11.1. The minimum Gasteiger partial charge on any atom is -0.309 e. The molecule has 0 radical (unpaired) electrons. The maximum Gasteiger partial charge on any atom is -0.00248 e. The van der Waals surface area contributed by atoms with Gasteiger partial charge in [0.1, 0.15) is 0 Å². The van der Waals surface area contributed by atoms with Gasteiger partial charge in [-0.1, -0.05) is 151 Å². The topological polar surface area (TPSA) is 3.24 Å². The summed E-state index contributed by atoms with van der Waals surface area (Å²) in [5.74, 6) is 0.762. The predicted molar refractivity (Wildman–Crippen MR) is 156 cm³/mol. The van der Waals surface area contributed by atoms with E-state index >= 15 is 0 Å². The van der Waals surface area contributed by atoms with Gasteiger partial charge >= 0.3 is 0 Å². The third kappa shape index (κ3) is 16.7. The van der Waals surface area contributed by atoms with Crippen molar-refractivity contribution < 1.29 is 0 Å². The highest BCUT2D eigenvalue weighted by atomic mass is 15.0. The van der Waals surface area contributed by atoms with Crippen molar-refractivity contribution in [3.05, 3.63) is 71.8 Å². The molecule has 0 bridgehead atoms. The summed E-state index contributed by atoms with van der Waals surface area (Å²) in [6.07, 6.45) is 25.3. The standard InChI is InChI=1S/C34H55N/c1-35(2)29-23-15-13-11-9-7-5-3-4-6-8-10-12-14-18-28-34(30-32-24-19-16-20-25-32)31-33-26-21-17-22-27-33/h16-17,19-22,24-27,34H,3-15,18,23,28-31H2,1-2H3. The van der Waals surface area contributed by atoms with Crippen LogP contribution in [0, 0.1) is 5.92 Å². The predicted octanol–water partition coefficient (Wildman–Crippen LogP) is 9.89. The van der Waals surface area contributed by atoms with E-state index in [-0.39, 0.29) is 0 Å². The van der Waals surface area contributed by atoms with Crippen LogP contribution >= 0.6 is 0 Å². The number of hydrogen-bond donors (Lipinski definition) is 0. The number of unbranched alkanes of at least 4 members (excludes halogenated alkanes) is 14. The molecule has 0 spiro atoms. The fourth-order valence-electron chi connectivity index (χ4n) is 5.33. The summed E-state index contributed by atoms with van der Waals surface area (Å²) >= 11 is 0. The molecule has 0 aliphatic heterocycles. The van der Waals surface area contributed by atoms with Gasteiger partial charge in [-0.15, -0.1) is 0 Å². The normalized spacial score (nSPS) is 11.5. The molecule has 0 fully saturated rings. The summed E-state index contributed by atoms with van der Waals surface area (Å²) < 4.78 is 0. The Bertz CT molecular complexity index is 652. The highest BCUT2D eigenvalue weighted by Crippen LogP contribution is 2.22. The van der Waals surface area contributed by atoms with Crippen LogP contribution in [0.15, 0.2) is 60.7 Å². The van der Waals surface area contributed by atoms with E-state index in [1.54, 1.807) is 0 Å². The largest absolute Gasteiger partial charge is 0.309 e. The van der Waals surface area contributed by atoms with E-state index in [0.29, 0.717) is 0 Å². The van der Waals surface area contributed by atoms with Gasteiger partial charge in [0.05, 0.1) is 0 Å².